The van der Waals surface area contributed by atoms with Crippen molar-refractivity contribution < 1.29 is 18.0 Å². The van der Waals surface area contributed by atoms with E-state index in [0.29, 0.717) is 31.0 Å². The predicted molar refractivity (Wildman–Crippen MR) is 125 cm³/mol. The van der Waals surface area contributed by atoms with Crippen LogP contribution in [0.1, 0.15) is 35.1 Å². The zero-order valence-corrected chi connectivity index (χ0v) is 19.5. The van der Waals surface area contributed by atoms with E-state index in [2.05, 4.69) is 15.6 Å². The van der Waals surface area contributed by atoms with Gasteiger partial charge in [-0.2, -0.15) is 13.2 Å². The summed E-state index contributed by atoms with van der Waals surface area (Å²) in [4.78, 5) is 17.8. The third-order valence-corrected chi connectivity index (χ3v) is 4.93. The molecule has 9 heteroatoms. The number of halogens is 4. The van der Waals surface area contributed by atoms with E-state index in [-0.39, 0.29) is 36.4 Å². The molecule has 168 valence electrons. The van der Waals surface area contributed by atoms with Gasteiger partial charge in [-0.15, -0.1) is 24.0 Å². The highest BCUT2D eigenvalue weighted by Crippen LogP contribution is 2.29. The molecular formula is C22H26F3IN4O. The fraction of sp³-hybridized carbons (Fsp3) is 0.364. The monoisotopic (exact) mass is 546 g/mol. The molecule has 0 aromatic heterocycles. The van der Waals surface area contributed by atoms with Crippen molar-refractivity contribution in [3.05, 3.63) is 70.8 Å². The number of alkyl halides is 3. The van der Waals surface area contributed by atoms with Crippen LogP contribution in [0.15, 0.2) is 53.5 Å². The van der Waals surface area contributed by atoms with Crippen LogP contribution in [-0.2, 0) is 30.6 Å². The third kappa shape index (κ3) is 7.41. The minimum absolute atomic E-state index is 0. The first-order chi connectivity index (χ1) is 14.3. The molecule has 1 aliphatic heterocycles. The summed E-state index contributed by atoms with van der Waals surface area (Å²) in [6.45, 7) is 2.13. The molecule has 1 heterocycles. The van der Waals surface area contributed by atoms with Crippen LogP contribution in [0.25, 0.3) is 0 Å². The van der Waals surface area contributed by atoms with E-state index < -0.39 is 11.7 Å². The fourth-order valence-electron chi connectivity index (χ4n) is 3.38. The lowest BCUT2D eigenvalue weighted by molar-refractivity contribution is -0.137. The second kappa shape index (κ2) is 11.4. The Morgan fingerprint density at radius 1 is 1.03 bits per heavy atom. The average Bonchev–Trinajstić information content (AvgIpc) is 3.12. The Kier molecular flexibility index (Phi) is 9.15. The molecule has 5 nitrogen and oxygen atoms in total. The average molecular weight is 546 g/mol. The van der Waals surface area contributed by atoms with Crippen LogP contribution in [0.2, 0.25) is 0 Å². The van der Waals surface area contributed by atoms with Gasteiger partial charge in [-0.25, -0.2) is 0 Å². The van der Waals surface area contributed by atoms with Crippen molar-refractivity contribution in [2.75, 3.05) is 13.6 Å². The molecule has 2 N–H and O–H groups in total. The van der Waals surface area contributed by atoms with Crippen LogP contribution in [0.4, 0.5) is 13.2 Å². The number of benzene rings is 2. The van der Waals surface area contributed by atoms with Gasteiger partial charge in [-0.3, -0.25) is 9.79 Å². The molecule has 2 aromatic carbocycles. The second-order valence-corrected chi connectivity index (χ2v) is 7.22. The summed E-state index contributed by atoms with van der Waals surface area (Å²) in [5, 5.41) is 6.20. The topological polar surface area (TPSA) is 56.7 Å². The Labute approximate surface area is 197 Å². The number of guanidine groups is 1. The van der Waals surface area contributed by atoms with Crippen molar-refractivity contribution in [3.63, 3.8) is 0 Å². The summed E-state index contributed by atoms with van der Waals surface area (Å²) in [6, 6.07) is 13.2. The molecule has 0 atom stereocenters. The molecule has 0 radical (unpaired) electrons. The third-order valence-electron chi connectivity index (χ3n) is 4.93. The minimum Gasteiger partial charge on any atom is -0.352 e. The molecule has 31 heavy (non-hydrogen) atoms. The van der Waals surface area contributed by atoms with Gasteiger partial charge in [0.05, 0.1) is 5.56 Å². The maximum absolute atomic E-state index is 12.8. The number of amides is 1. The van der Waals surface area contributed by atoms with Crippen molar-refractivity contribution in [3.8, 4) is 0 Å². The summed E-state index contributed by atoms with van der Waals surface area (Å²) in [6.07, 6.45) is -2.83. The van der Waals surface area contributed by atoms with Crippen LogP contribution in [0.5, 0.6) is 0 Å². The molecule has 1 saturated heterocycles. The maximum atomic E-state index is 12.8. The van der Waals surface area contributed by atoms with E-state index in [1.54, 1.807) is 13.1 Å². The first-order valence-electron chi connectivity index (χ1n) is 9.81. The number of rotatable bonds is 6. The van der Waals surface area contributed by atoms with Crippen molar-refractivity contribution in [1.82, 2.24) is 15.5 Å². The van der Waals surface area contributed by atoms with Gasteiger partial charge in [0.15, 0.2) is 5.96 Å². The molecule has 3 rings (SSSR count). The van der Waals surface area contributed by atoms with Crippen molar-refractivity contribution in [1.29, 1.82) is 0 Å². The highest BCUT2D eigenvalue weighted by molar-refractivity contribution is 14.0. The Bertz CT molecular complexity index is 918. The number of nitrogens with one attached hydrogen (secondary N) is 2. The van der Waals surface area contributed by atoms with Gasteiger partial charge < -0.3 is 15.5 Å². The van der Waals surface area contributed by atoms with Crippen LogP contribution in [-0.4, -0.2) is 30.4 Å². The molecular weight excluding hydrogens is 520 g/mol. The summed E-state index contributed by atoms with van der Waals surface area (Å²) in [5.41, 5.74) is 1.95. The highest BCUT2D eigenvalue weighted by Gasteiger charge is 2.30. The van der Waals surface area contributed by atoms with Gasteiger partial charge in [0, 0.05) is 39.6 Å². The Morgan fingerprint density at radius 3 is 2.23 bits per heavy atom. The first kappa shape index (κ1) is 25.0. The number of carbonyl (C=O) groups excluding carboxylic acids is 1. The van der Waals surface area contributed by atoms with E-state index in [9.17, 15) is 18.0 Å². The summed E-state index contributed by atoms with van der Waals surface area (Å²) in [7, 11) is 1.61. The van der Waals surface area contributed by atoms with Gasteiger partial charge in [0.25, 0.3) is 0 Å². The fourth-order valence-corrected chi connectivity index (χ4v) is 3.38. The molecule has 1 amide bonds. The molecule has 0 bridgehead atoms. The van der Waals surface area contributed by atoms with Crippen LogP contribution in [0.3, 0.4) is 0 Å². The predicted octanol–water partition coefficient (Wildman–Crippen LogP) is 4.31. The molecule has 2 aromatic rings. The standard InChI is InChI=1S/C22H25F3N4O.HI/c1-26-21(28-14-17-6-3-8-19(12-17)22(23,24)25)27-13-16-5-2-7-18(11-16)15-29-10-4-9-20(29)30;/h2-3,5-8,11-12H,4,9-10,13-15H2,1H3,(H2,26,27,28);1H. The summed E-state index contributed by atoms with van der Waals surface area (Å²) < 4.78 is 38.5. The SMILES string of the molecule is CN=C(NCc1cccc(CN2CCCC2=O)c1)NCc1cccc(C(F)(F)F)c1.I. The molecule has 0 aliphatic carbocycles. The number of hydrogen-bond acceptors (Lipinski definition) is 2. The van der Waals surface area contributed by atoms with Crippen LogP contribution in [0, 0.1) is 0 Å². The number of carbonyl (C=O) groups is 1. The van der Waals surface area contributed by atoms with E-state index in [0.717, 1.165) is 36.2 Å². The number of hydrogen-bond donors (Lipinski definition) is 2. The molecule has 0 unspecified atom stereocenters. The van der Waals surface area contributed by atoms with Crippen molar-refractivity contribution >= 4 is 35.8 Å². The minimum atomic E-state index is -4.36. The quantitative estimate of drug-likeness (QED) is 0.323. The Morgan fingerprint density at radius 2 is 1.65 bits per heavy atom. The zero-order chi connectivity index (χ0) is 21.6. The Hall–Kier alpha value is -2.30. The lowest BCUT2D eigenvalue weighted by Crippen LogP contribution is -2.36. The van der Waals surface area contributed by atoms with Gasteiger partial charge in [0.1, 0.15) is 0 Å². The molecule has 1 fully saturated rings. The van der Waals surface area contributed by atoms with E-state index in [1.165, 1.54) is 6.07 Å². The molecule has 0 spiro atoms. The lowest BCUT2D eigenvalue weighted by atomic mass is 10.1. The zero-order valence-electron chi connectivity index (χ0n) is 17.2. The van der Waals surface area contributed by atoms with Gasteiger partial charge in [0.2, 0.25) is 5.91 Å². The largest absolute Gasteiger partial charge is 0.416 e. The number of aliphatic imine (C=N–C) groups is 1. The van der Waals surface area contributed by atoms with Crippen molar-refractivity contribution in [2.24, 2.45) is 4.99 Å². The van der Waals surface area contributed by atoms with E-state index in [1.807, 2.05) is 29.2 Å². The maximum Gasteiger partial charge on any atom is 0.416 e. The molecule has 0 saturated carbocycles. The van der Waals surface area contributed by atoms with Gasteiger partial charge in [-0.05, 0) is 35.2 Å². The van der Waals surface area contributed by atoms with E-state index >= 15 is 0 Å². The summed E-state index contributed by atoms with van der Waals surface area (Å²) >= 11 is 0. The smallest absolute Gasteiger partial charge is 0.352 e. The normalized spacial score (nSPS) is 14.4. The lowest BCUT2D eigenvalue weighted by Gasteiger charge is -2.17. The summed E-state index contributed by atoms with van der Waals surface area (Å²) in [5.74, 6) is 0.685. The second-order valence-electron chi connectivity index (χ2n) is 7.22. The van der Waals surface area contributed by atoms with Gasteiger partial charge in [-0.1, -0.05) is 36.4 Å². The Balaban J connectivity index is 0.00000341. The molecule has 1 aliphatic rings. The van der Waals surface area contributed by atoms with E-state index in [4.69, 9.17) is 0 Å². The van der Waals surface area contributed by atoms with Gasteiger partial charge >= 0.3 is 6.18 Å². The van der Waals surface area contributed by atoms with Crippen LogP contribution >= 0.6 is 24.0 Å². The number of likely N-dealkylation sites (tertiary alicyclic amines) is 1. The van der Waals surface area contributed by atoms with Crippen molar-refractivity contribution in [2.45, 2.75) is 38.7 Å². The number of nitrogens with zero attached hydrogens (tertiary/aromatic N) is 2. The first-order valence-corrected chi connectivity index (χ1v) is 9.81. The highest BCUT2D eigenvalue weighted by atomic mass is 127. The van der Waals surface area contributed by atoms with Crippen LogP contribution < -0.4 is 10.6 Å².